The fourth-order valence-corrected chi connectivity index (χ4v) is 3.58. The maximum absolute atomic E-state index is 12.0. The highest BCUT2D eigenvalue weighted by atomic mass is 16.1. The van der Waals surface area contributed by atoms with Crippen LogP contribution in [0.3, 0.4) is 0 Å². The van der Waals surface area contributed by atoms with E-state index in [0.29, 0.717) is 6.42 Å². The third-order valence-corrected chi connectivity index (χ3v) is 5.32. The molecule has 0 bridgehead atoms. The van der Waals surface area contributed by atoms with Crippen molar-refractivity contribution >= 4 is 12.1 Å². The molecule has 0 unspecified atom stereocenters. The number of carbonyl (C=O) groups excluding carboxylic acids is 2. The van der Waals surface area contributed by atoms with Gasteiger partial charge in [0, 0.05) is 18.4 Å². The predicted molar refractivity (Wildman–Crippen MR) is 115 cm³/mol. The second-order valence-electron chi connectivity index (χ2n) is 7.80. The Bertz CT molecular complexity index is 466. The van der Waals surface area contributed by atoms with Crippen molar-refractivity contribution in [2.24, 2.45) is 0 Å². The largest absolute Gasteiger partial charge is 0.303 e. The van der Waals surface area contributed by atoms with Gasteiger partial charge < -0.3 is 4.79 Å². The molecule has 0 spiro atoms. The Labute approximate surface area is 167 Å². The predicted octanol–water partition coefficient (Wildman–Crippen LogP) is 7.70. The first-order valence-corrected chi connectivity index (χ1v) is 11.4. The van der Waals surface area contributed by atoms with Crippen LogP contribution in [0.15, 0.2) is 30.3 Å². The molecule has 0 saturated heterocycles. The van der Waals surface area contributed by atoms with Crippen LogP contribution in [0, 0.1) is 0 Å². The van der Waals surface area contributed by atoms with E-state index in [0.717, 1.165) is 31.1 Å². The number of unbranched alkanes of at least 4 members (excludes halogenated alkanes) is 15. The van der Waals surface area contributed by atoms with Crippen molar-refractivity contribution in [1.82, 2.24) is 0 Å². The van der Waals surface area contributed by atoms with Gasteiger partial charge in [-0.1, -0.05) is 114 Å². The first-order valence-electron chi connectivity index (χ1n) is 11.4. The Hall–Kier alpha value is -1.44. The van der Waals surface area contributed by atoms with Gasteiger partial charge in [0.25, 0.3) is 0 Å². The van der Waals surface area contributed by atoms with Crippen molar-refractivity contribution < 1.29 is 9.59 Å². The van der Waals surface area contributed by atoms with E-state index < -0.39 is 0 Å². The van der Waals surface area contributed by atoms with Gasteiger partial charge in [-0.15, -0.1) is 0 Å². The number of carbonyl (C=O) groups is 2. The molecule has 0 aliphatic carbocycles. The van der Waals surface area contributed by atoms with E-state index >= 15 is 0 Å². The van der Waals surface area contributed by atoms with Crippen LogP contribution in [0.1, 0.15) is 120 Å². The Morgan fingerprint density at radius 2 is 1.00 bits per heavy atom. The topological polar surface area (TPSA) is 34.1 Å². The lowest BCUT2D eigenvalue weighted by atomic mass is 10.0. The highest BCUT2D eigenvalue weighted by Crippen LogP contribution is 2.14. The van der Waals surface area contributed by atoms with Gasteiger partial charge in [0.1, 0.15) is 6.29 Å². The zero-order valence-electron chi connectivity index (χ0n) is 17.3. The molecule has 0 amide bonds. The molecule has 0 atom stereocenters. The Morgan fingerprint density at radius 3 is 1.44 bits per heavy atom. The summed E-state index contributed by atoms with van der Waals surface area (Å²) in [4.78, 5) is 22.2. The summed E-state index contributed by atoms with van der Waals surface area (Å²) >= 11 is 0. The van der Waals surface area contributed by atoms with Gasteiger partial charge in [0.05, 0.1) is 0 Å². The summed E-state index contributed by atoms with van der Waals surface area (Å²) in [6.07, 6.45) is 21.8. The maximum Gasteiger partial charge on any atom is 0.162 e. The molecule has 1 aromatic rings. The average molecular weight is 373 g/mol. The number of Topliss-reactive ketones (excluding diaryl/α,β-unsaturated/α-hetero) is 1. The number of ketones is 1. The van der Waals surface area contributed by atoms with E-state index in [1.54, 1.807) is 0 Å². The van der Waals surface area contributed by atoms with Crippen LogP contribution in [0.4, 0.5) is 0 Å². The van der Waals surface area contributed by atoms with Crippen LogP contribution in [-0.4, -0.2) is 12.1 Å². The van der Waals surface area contributed by atoms with Crippen molar-refractivity contribution in [2.75, 3.05) is 0 Å². The summed E-state index contributed by atoms with van der Waals surface area (Å²) in [6.45, 7) is 0. The zero-order chi connectivity index (χ0) is 19.4. The van der Waals surface area contributed by atoms with Gasteiger partial charge in [-0.3, -0.25) is 4.79 Å². The normalized spacial score (nSPS) is 10.8. The Morgan fingerprint density at radius 1 is 0.593 bits per heavy atom. The molecule has 152 valence electrons. The third kappa shape index (κ3) is 14.3. The summed E-state index contributed by atoms with van der Waals surface area (Å²) in [5, 5.41) is 0. The summed E-state index contributed by atoms with van der Waals surface area (Å²) in [5.41, 5.74) is 0.857. The SMILES string of the molecule is O=CCCCCCCCCCCCCCCCCCC(=O)c1ccccc1. The number of aldehydes is 1. The third-order valence-electron chi connectivity index (χ3n) is 5.32. The lowest BCUT2D eigenvalue weighted by Crippen LogP contribution is -1.98. The lowest BCUT2D eigenvalue weighted by molar-refractivity contribution is -0.107. The first kappa shape index (κ1) is 23.6. The van der Waals surface area contributed by atoms with E-state index in [1.807, 2.05) is 30.3 Å². The van der Waals surface area contributed by atoms with Gasteiger partial charge in [0.2, 0.25) is 0 Å². The van der Waals surface area contributed by atoms with E-state index in [-0.39, 0.29) is 5.78 Å². The van der Waals surface area contributed by atoms with Gasteiger partial charge in [-0.05, 0) is 12.8 Å². The number of hydrogen-bond acceptors (Lipinski definition) is 2. The van der Waals surface area contributed by atoms with Gasteiger partial charge in [0.15, 0.2) is 5.78 Å². The molecular weight excluding hydrogens is 332 g/mol. The van der Waals surface area contributed by atoms with Crippen molar-refractivity contribution in [1.29, 1.82) is 0 Å². The van der Waals surface area contributed by atoms with Crippen molar-refractivity contribution in [2.45, 2.75) is 109 Å². The van der Waals surface area contributed by atoms with Crippen LogP contribution in [0.25, 0.3) is 0 Å². The van der Waals surface area contributed by atoms with Crippen molar-refractivity contribution in [3.8, 4) is 0 Å². The van der Waals surface area contributed by atoms with Gasteiger partial charge in [-0.25, -0.2) is 0 Å². The molecule has 0 aliphatic heterocycles. The first-order chi connectivity index (χ1) is 13.3. The second-order valence-corrected chi connectivity index (χ2v) is 7.80. The Kier molecular flexibility index (Phi) is 15.7. The van der Waals surface area contributed by atoms with Crippen LogP contribution in [0.2, 0.25) is 0 Å². The number of rotatable bonds is 19. The molecule has 0 radical (unpaired) electrons. The molecular formula is C25H40O2. The molecule has 1 rings (SSSR count). The smallest absolute Gasteiger partial charge is 0.162 e. The van der Waals surface area contributed by atoms with Crippen molar-refractivity contribution in [3.05, 3.63) is 35.9 Å². The molecule has 0 heterocycles. The van der Waals surface area contributed by atoms with E-state index in [4.69, 9.17) is 0 Å². The maximum atomic E-state index is 12.0. The highest BCUT2D eigenvalue weighted by molar-refractivity contribution is 5.95. The molecule has 0 fully saturated rings. The highest BCUT2D eigenvalue weighted by Gasteiger charge is 2.03. The summed E-state index contributed by atoms with van der Waals surface area (Å²) < 4.78 is 0. The fraction of sp³-hybridized carbons (Fsp3) is 0.680. The summed E-state index contributed by atoms with van der Waals surface area (Å²) in [6, 6.07) is 9.66. The molecule has 2 heteroatoms. The molecule has 0 aliphatic rings. The monoisotopic (exact) mass is 372 g/mol. The Balaban J connectivity index is 1.75. The molecule has 0 aromatic heterocycles. The zero-order valence-corrected chi connectivity index (χ0v) is 17.3. The molecule has 1 aromatic carbocycles. The van der Waals surface area contributed by atoms with Crippen LogP contribution in [-0.2, 0) is 4.79 Å². The average Bonchev–Trinajstić information content (AvgIpc) is 2.70. The van der Waals surface area contributed by atoms with E-state index in [2.05, 4.69) is 0 Å². The van der Waals surface area contributed by atoms with Gasteiger partial charge in [-0.2, -0.15) is 0 Å². The second kappa shape index (κ2) is 17.9. The van der Waals surface area contributed by atoms with E-state index in [9.17, 15) is 9.59 Å². The number of benzene rings is 1. The fourth-order valence-electron chi connectivity index (χ4n) is 3.58. The van der Waals surface area contributed by atoms with Crippen LogP contribution < -0.4 is 0 Å². The minimum Gasteiger partial charge on any atom is -0.303 e. The summed E-state index contributed by atoms with van der Waals surface area (Å²) in [5.74, 6) is 0.288. The molecule has 0 N–H and O–H groups in total. The van der Waals surface area contributed by atoms with Crippen LogP contribution in [0.5, 0.6) is 0 Å². The van der Waals surface area contributed by atoms with E-state index in [1.165, 1.54) is 83.5 Å². The minimum atomic E-state index is 0.288. The van der Waals surface area contributed by atoms with Crippen LogP contribution >= 0.6 is 0 Å². The molecule has 0 saturated carbocycles. The standard InChI is InChI=1S/C25H40O2/c26-23-19-14-12-10-8-6-4-2-1-3-5-7-9-11-13-18-22-25(27)24-20-16-15-17-21-24/h15-17,20-21,23H,1-14,18-19,22H2. The lowest BCUT2D eigenvalue weighted by Gasteiger charge is -2.04. The number of hydrogen-bond donors (Lipinski definition) is 0. The molecule has 27 heavy (non-hydrogen) atoms. The quantitative estimate of drug-likeness (QED) is 0.142. The molecule has 2 nitrogen and oxygen atoms in total. The summed E-state index contributed by atoms with van der Waals surface area (Å²) in [7, 11) is 0. The van der Waals surface area contributed by atoms with Gasteiger partial charge >= 0.3 is 0 Å². The minimum absolute atomic E-state index is 0.288. The van der Waals surface area contributed by atoms with Crippen molar-refractivity contribution in [3.63, 3.8) is 0 Å².